The second kappa shape index (κ2) is 8.65. The van der Waals surface area contributed by atoms with Gasteiger partial charge in [-0.1, -0.05) is 24.8 Å². The number of rotatable bonds is 3. The maximum absolute atomic E-state index is 11.5. The van der Waals surface area contributed by atoms with Gasteiger partial charge in [0, 0.05) is 28.5 Å². The lowest BCUT2D eigenvalue weighted by atomic mass is 9.79. The van der Waals surface area contributed by atoms with Gasteiger partial charge in [0.05, 0.1) is 19.3 Å². The zero-order chi connectivity index (χ0) is 19.3. The first-order valence-corrected chi connectivity index (χ1v) is 10.0. The molecule has 1 aliphatic rings. The summed E-state index contributed by atoms with van der Waals surface area (Å²) in [6, 6.07) is 13.6. The summed E-state index contributed by atoms with van der Waals surface area (Å²) in [7, 11) is 3.15. The molecule has 0 aromatic heterocycles. The zero-order valence-electron chi connectivity index (χ0n) is 16.0. The van der Waals surface area contributed by atoms with Crippen LogP contribution in [0.15, 0.2) is 47.4 Å². The van der Waals surface area contributed by atoms with Crippen LogP contribution < -0.4 is 0 Å². The number of hydrogen-bond donors (Lipinski definition) is 0. The molecular formula is C23H24O3S. The maximum atomic E-state index is 11.5. The van der Waals surface area contributed by atoms with Crippen molar-refractivity contribution in [1.82, 2.24) is 0 Å². The molecule has 27 heavy (non-hydrogen) atoms. The molecule has 2 aromatic carbocycles. The van der Waals surface area contributed by atoms with E-state index in [9.17, 15) is 4.79 Å². The van der Waals surface area contributed by atoms with Gasteiger partial charge >= 0.3 is 5.97 Å². The Morgan fingerprint density at radius 1 is 1.11 bits per heavy atom. The summed E-state index contributed by atoms with van der Waals surface area (Å²) in [5.41, 5.74) is 3.82. The SMILES string of the molecule is COCC1(C)CCCSc2cc(C#Cc3ccc(C(=O)OC)cc3)ccc21. The summed E-state index contributed by atoms with van der Waals surface area (Å²) in [5.74, 6) is 7.21. The van der Waals surface area contributed by atoms with Crippen LogP contribution in [-0.2, 0) is 14.9 Å². The van der Waals surface area contributed by atoms with Crippen LogP contribution in [-0.4, -0.2) is 32.5 Å². The van der Waals surface area contributed by atoms with Gasteiger partial charge in [0.15, 0.2) is 0 Å². The standard InChI is InChI=1S/C23H24O3S/c1-23(16-25-2)13-4-14-27-21-15-18(9-12-20(21)23)6-5-17-7-10-19(11-8-17)22(24)26-3/h7-12,15H,4,13-14,16H2,1-3H3. The minimum absolute atomic E-state index is 0.0588. The van der Waals surface area contributed by atoms with Crippen LogP contribution in [0.25, 0.3) is 0 Å². The van der Waals surface area contributed by atoms with E-state index in [-0.39, 0.29) is 11.4 Å². The highest BCUT2D eigenvalue weighted by Gasteiger charge is 2.31. The highest BCUT2D eigenvalue weighted by Crippen LogP contribution is 2.40. The van der Waals surface area contributed by atoms with E-state index in [1.165, 1.54) is 24.0 Å². The summed E-state index contributed by atoms with van der Waals surface area (Å²) in [4.78, 5) is 12.8. The average Bonchev–Trinajstić information content (AvgIpc) is 2.85. The van der Waals surface area contributed by atoms with Crippen molar-refractivity contribution in [3.8, 4) is 11.8 Å². The first kappa shape index (κ1) is 19.5. The van der Waals surface area contributed by atoms with Gasteiger partial charge < -0.3 is 9.47 Å². The smallest absolute Gasteiger partial charge is 0.337 e. The third kappa shape index (κ3) is 4.55. The third-order valence-corrected chi connectivity index (χ3v) is 6.02. The fraction of sp³-hybridized carbons (Fsp3) is 0.348. The molecule has 0 spiro atoms. The molecule has 4 heteroatoms. The fourth-order valence-electron chi connectivity index (χ4n) is 3.42. The van der Waals surface area contributed by atoms with Crippen LogP contribution in [0.3, 0.4) is 0 Å². The summed E-state index contributed by atoms with van der Waals surface area (Å²) in [6.45, 7) is 3.02. The number of hydrogen-bond acceptors (Lipinski definition) is 4. The normalized spacial score (nSPS) is 18.6. The van der Waals surface area contributed by atoms with Gasteiger partial charge in [-0.05, 0) is 60.6 Å². The van der Waals surface area contributed by atoms with E-state index in [1.807, 2.05) is 23.9 Å². The van der Waals surface area contributed by atoms with Gasteiger partial charge in [-0.25, -0.2) is 4.79 Å². The number of fused-ring (bicyclic) bond motifs is 1. The molecule has 1 unspecified atom stereocenters. The second-order valence-electron chi connectivity index (χ2n) is 6.98. The van der Waals surface area contributed by atoms with Crippen molar-refractivity contribution in [3.05, 3.63) is 64.7 Å². The number of ether oxygens (including phenoxy) is 2. The Morgan fingerprint density at radius 2 is 1.81 bits per heavy atom. The van der Waals surface area contributed by atoms with E-state index in [1.54, 1.807) is 19.2 Å². The highest BCUT2D eigenvalue weighted by atomic mass is 32.2. The van der Waals surface area contributed by atoms with Crippen molar-refractivity contribution >= 4 is 17.7 Å². The Balaban J connectivity index is 1.85. The highest BCUT2D eigenvalue weighted by molar-refractivity contribution is 7.99. The Morgan fingerprint density at radius 3 is 2.52 bits per heavy atom. The number of carbonyl (C=O) groups excluding carboxylic acids is 1. The van der Waals surface area contributed by atoms with Crippen LogP contribution in [0.5, 0.6) is 0 Å². The average molecular weight is 381 g/mol. The predicted molar refractivity (Wildman–Crippen MR) is 109 cm³/mol. The Kier molecular flexibility index (Phi) is 6.26. The summed E-state index contributed by atoms with van der Waals surface area (Å²) in [5, 5.41) is 0. The summed E-state index contributed by atoms with van der Waals surface area (Å²) in [6.07, 6.45) is 2.32. The lowest BCUT2D eigenvalue weighted by Crippen LogP contribution is -2.27. The topological polar surface area (TPSA) is 35.5 Å². The molecule has 0 bridgehead atoms. The number of methoxy groups -OCH3 is 2. The van der Waals surface area contributed by atoms with Crippen molar-refractivity contribution in [3.63, 3.8) is 0 Å². The minimum atomic E-state index is -0.337. The van der Waals surface area contributed by atoms with Gasteiger partial charge in [-0.3, -0.25) is 0 Å². The van der Waals surface area contributed by atoms with Crippen LogP contribution in [0.2, 0.25) is 0 Å². The largest absolute Gasteiger partial charge is 0.465 e. The van der Waals surface area contributed by atoms with E-state index < -0.39 is 0 Å². The molecule has 140 valence electrons. The van der Waals surface area contributed by atoms with E-state index in [0.29, 0.717) is 5.56 Å². The van der Waals surface area contributed by atoms with Gasteiger partial charge in [0.1, 0.15) is 0 Å². The molecule has 0 amide bonds. The molecule has 3 nitrogen and oxygen atoms in total. The van der Waals surface area contributed by atoms with Crippen molar-refractivity contribution in [2.24, 2.45) is 0 Å². The van der Waals surface area contributed by atoms with Crippen LogP contribution >= 0.6 is 11.8 Å². The third-order valence-electron chi connectivity index (χ3n) is 4.88. The molecule has 0 fully saturated rings. The van der Waals surface area contributed by atoms with E-state index in [2.05, 4.69) is 37.0 Å². The zero-order valence-corrected chi connectivity index (χ0v) is 16.8. The van der Waals surface area contributed by atoms with Gasteiger partial charge in [-0.2, -0.15) is 0 Å². The molecular weight excluding hydrogens is 356 g/mol. The summed E-state index contributed by atoms with van der Waals surface area (Å²) >= 11 is 1.91. The van der Waals surface area contributed by atoms with Crippen molar-refractivity contribution in [2.45, 2.75) is 30.1 Å². The molecule has 1 atom stereocenters. The number of esters is 1. The molecule has 1 heterocycles. The predicted octanol–water partition coefficient (Wildman–Crippen LogP) is 4.66. The lowest BCUT2D eigenvalue weighted by Gasteiger charge is -2.29. The summed E-state index contributed by atoms with van der Waals surface area (Å²) < 4.78 is 10.2. The first-order chi connectivity index (χ1) is 13.1. The molecule has 0 radical (unpaired) electrons. The fourth-order valence-corrected chi connectivity index (χ4v) is 4.61. The van der Waals surface area contributed by atoms with Crippen molar-refractivity contribution in [2.75, 3.05) is 26.6 Å². The number of thioether (sulfide) groups is 1. The molecule has 0 N–H and O–H groups in total. The van der Waals surface area contributed by atoms with E-state index in [0.717, 1.165) is 29.9 Å². The van der Waals surface area contributed by atoms with Crippen molar-refractivity contribution < 1.29 is 14.3 Å². The maximum Gasteiger partial charge on any atom is 0.337 e. The van der Waals surface area contributed by atoms with Crippen LogP contribution in [0.4, 0.5) is 0 Å². The van der Waals surface area contributed by atoms with Gasteiger partial charge in [-0.15, -0.1) is 11.8 Å². The van der Waals surface area contributed by atoms with E-state index >= 15 is 0 Å². The monoisotopic (exact) mass is 380 g/mol. The Bertz CT molecular complexity index is 877. The second-order valence-corrected chi connectivity index (χ2v) is 8.11. The molecule has 0 aliphatic carbocycles. The van der Waals surface area contributed by atoms with Gasteiger partial charge in [0.2, 0.25) is 0 Å². The quantitative estimate of drug-likeness (QED) is 0.573. The minimum Gasteiger partial charge on any atom is -0.465 e. The van der Waals surface area contributed by atoms with Crippen molar-refractivity contribution in [1.29, 1.82) is 0 Å². The molecule has 0 saturated carbocycles. The Hall–Kier alpha value is -2.22. The van der Waals surface area contributed by atoms with Crippen LogP contribution in [0.1, 0.15) is 46.8 Å². The van der Waals surface area contributed by atoms with Crippen LogP contribution in [0, 0.1) is 11.8 Å². The van der Waals surface area contributed by atoms with E-state index in [4.69, 9.17) is 9.47 Å². The molecule has 0 saturated heterocycles. The molecule has 2 aromatic rings. The molecule has 3 rings (SSSR count). The molecule has 1 aliphatic heterocycles. The Labute approximate surface area is 165 Å². The lowest BCUT2D eigenvalue weighted by molar-refractivity contribution is 0.0600. The first-order valence-electron chi connectivity index (χ1n) is 9.02. The van der Waals surface area contributed by atoms with Gasteiger partial charge in [0.25, 0.3) is 0 Å². The number of benzene rings is 2. The number of carbonyl (C=O) groups is 1.